The monoisotopic (exact) mass is 242 g/mol. The Morgan fingerprint density at radius 1 is 1.44 bits per heavy atom. The van der Waals surface area contributed by atoms with E-state index in [2.05, 4.69) is 16.9 Å². The first-order valence-electron chi connectivity index (χ1n) is 6.32. The topological polar surface area (TPSA) is 41.1 Å². The second-order valence-corrected chi connectivity index (χ2v) is 6.24. The average molecular weight is 242 g/mol. The molecule has 2 N–H and O–H groups in total. The van der Waals surface area contributed by atoms with Crippen LogP contribution < -0.4 is 10.6 Å². The van der Waals surface area contributed by atoms with Crippen LogP contribution in [-0.4, -0.2) is 36.0 Å². The Kier molecular flexibility index (Phi) is 4.14. The molecule has 16 heavy (non-hydrogen) atoms. The highest BCUT2D eigenvalue weighted by Gasteiger charge is 2.36. The van der Waals surface area contributed by atoms with E-state index in [-0.39, 0.29) is 11.9 Å². The summed E-state index contributed by atoms with van der Waals surface area (Å²) in [5, 5.41) is 6.41. The van der Waals surface area contributed by atoms with Crippen molar-refractivity contribution in [3.63, 3.8) is 0 Å². The van der Waals surface area contributed by atoms with Crippen LogP contribution in [0, 0.1) is 0 Å². The summed E-state index contributed by atoms with van der Waals surface area (Å²) in [4.78, 5) is 11.9. The Labute approximate surface area is 102 Å². The minimum Gasteiger partial charge on any atom is -0.353 e. The summed E-state index contributed by atoms with van der Waals surface area (Å²) >= 11 is 1.91. The van der Waals surface area contributed by atoms with E-state index in [1.165, 1.54) is 32.1 Å². The van der Waals surface area contributed by atoms with Crippen LogP contribution in [0.5, 0.6) is 0 Å². The van der Waals surface area contributed by atoms with E-state index in [1.807, 2.05) is 11.8 Å². The first-order chi connectivity index (χ1) is 7.76. The molecule has 0 bridgehead atoms. The van der Waals surface area contributed by atoms with Gasteiger partial charge in [0.15, 0.2) is 0 Å². The molecular weight excluding hydrogens is 220 g/mol. The number of carbonyl (C=O) groups excluding carboxylic acids is 1. The Bertz CT molecular complexity index is 242. The molecule has 2 aliphatic rings. The molecule has 3 nitrogen and oxygen atoms in total. The van der Waals surface area contributed by atoms with Crippen molar-refractivity contribution in [3.8, 4) is 0 Å². The largest absolute Gasteiger partial charge is 0.353 e. The number of amides is 1. The number of hydrogen-bond acceptors (Lipinski definition) is 3. The summed E-state index contributed by atoms with van der Waals surface area (Å²) in [5.74, 6) is 0.208. The van der Waals surface area contributed by atoms with E-state index in [0.717, 1.165) is 19.5 Å². The zero-order chi connectivity index (χ0) is 11.4. The molecule has 1 saturated heterocycles. The van der Waals surface area contributed by atoms with Crippen molar-refractivity contribution in [3.05, 3.63) is 0 Å². The summed E-state index contributed by atoms with van der Waals surface area (Å²) in [7, 11) is 0. The van der Waals surface area contributed by atoms with E-state index in [9.17, 15) is 4.79 Å². The van der Waals surface area contributed by atoms with E-state index >= 15 is 0 Å². The summed E-state index contributed by atoms with van der Waals surface area (Å²) in [6, 6.07) is 0.0627. The van der Waals surface area contributed by atoms with Gasteiger partial charge >= 0.3 is 0 Å². The number of thioether (sulfide) groups is 1. The highest BCUT2D eigenvalue weighted by molar-refractivity contribution is 8.00. The molecule has 1 saturated carbocycles. The maximum absolute atomic E-state index is 11.9. The lowest BCUT2D eigenvalue weighted by Gasteiger charge is -2.40. The molecule has 2 rings (SSSR count). The standard InChI is InChI=1S/C12H22N2OS/c1-16-12(6-4-7-12)9-14-11(15)10-5-2-3-8-13-10/h10,13H,2-9H2,1H3,(H,14,15)/t10-/m0/s1. The maximum atomic E-state index is 11.9. The van der Waals surface area contributed by atoms with Gasteiger partial charge in [-0.1, -0.05) is 12.8 Å². The second-order valence-electron chi connectivity index (χ2n) is 4.96. The Morgan fingerprint density at radius 2 is 2.25 bits per heavy atom. The fraction of sp³-hybridized carbons (Fsp3) is 0.917. The van der Waals surface area contributed by atoms with Gasteiger partial charge in [0.2, 0.25) is 5.91 Å². The van der Waals surface area contributed by atoms with Gasteiger partial charge in [0.05, 0.1) is 6.04 Å². The zero-order valence-corrected chi connectivity index (χ0v) is 10.9. The van der Waals surface area contributed by atoms with Crippen LogP contribution in [0.3, 0.4) is 0 Å². The summed E-state index contributed by atoms with van der Waals surface area (Å²) < 4.78 is 0.352. The fourth-order valence-corrected chi connectivity index (χ4v) is 3.38. The molecule has 1 atom stereocenters. The highest BCUT2D eigenvalue weighted by Crippen LogP contribution is 2.42. The third-order valence-corrected chi connectivity index (χ3v) is 5.33. The van der Waals surface area contributed by atoms with Crippen LogP contribution >= 0.6 is 11.8 Å². The Morgan fingerprint density at radius 3 is 2.75 bits per heavy atom. The van der Waals surface area contributed by atoms with Gasteiger partial charge in [0.1, 0.15) is 0 Å². The molecule has 1 aliphatic heterocycles. The first kappa shape index (κ1) is 12.2. The maximum Gasteiger partial charge on any atom is 0.237 e. The SMILES string of the molecule is CSC1(CNC(=O)[C@@H]2CCCCN2)CCC1. The molecule has 1 aliphatic carbocycles. The van der Waals surface area contributed by atoms with Crippen LogP contribution in [0.4, 0.5) is 0 Å². The number of rotatable bonds is 4. The van der Waals surface area contributed by atoms with E-state index < -0.39 is 0 Å². The van der Waals surface area contributed by atoms with E-state index in [0.29, 0.717) is 4.75 Å². The fourth-order valence-electron chi connectivity index (χ4n) is 2.47. The number of nitrogens with one attached hydrogen (secondary N) is 2. The van der Waals surface area contributed by atoms with Crippen LogP contribution in [-0.2, 0) is 4.79 Å². The van der Waals surface area contributed by atoms with Gasteiger partial charge in [-0.2, -0.15) is 11.8 Å². The molecule has 1 amide bonds. The lowest BCUT2D eigenvalue weighted by atomic mass is 9.84. The van der Waals surface area contributed by atoms with Crippen molar-refractivity contribution in [2.24, 2.45) is 0 Å². The molecule has 0 radical (unpaired) electrons. The lowest BCUT2D eigenvalue weighted by Crippen LogP contribution is -2.51. The Hall–Kier alpha value is -0.220. The van der Waals surface area contributed by atoms with Crippen molar-refractivity contribution >= 4 is 17.7 Å². The molecule has 0 aromatic rings. The van der Waals surface area contributed by atoms with Crippen molar-refractivity contribution < 1.29 is 4.79 Å². The predicted octanol–water partition coefficient (Wildman–Crippen LogP) is 1.53. The minimum absolute atomic E-state index is 0.0627. The molecule has 92 valence electrons. The summed E-state index contributed by atoms with van der Waals surface area (Å²) in [5.41, 5.74) is 0. The highest BCUT2D eigenvalue weighted by atomic mass is 32.2. The molecule has 0 aromatic heterocycles. The third-order valence-electron chi connectivity index (χ3n) is 3.91. The van der Waals surface area contributed by atoms with Crippen LogP contribution in [0.25, 0.3) is 0 Å². The smallest absolute Gasteiger partial charge is 0.237 e. The van der Waals surface area contributed by atoms with Crippen LogP contribution in [0.15, 0.2) is 0 Å². The van der Waals surface area contributed by atoms with Crippen molar-refractivity contribution in [2.45, 2.75) is 49.3 Å². The van der Waals surface area contributed by atoms with Gasteiger partial charge in [0, 0.05) is 11.3 Å². The quantitative estimate of drug-likeness (QED) is 0.785. The molecular formula is C12H22N2OS. The first-order valence-corrected chi connectivity index (χ1v) is 7.54. The minimum atomic E-state index is 0.0627. The molecule has 2 fully saturated rings. The van der Waals surface area contributed by atoms with Crippen LogP contribution in [0.2, 0.25) is 0 Å². The number of carbonyl (C=O) groups is 1. The number of piperidine rings is 1. The molecule has 0 spiro atoms. The van der Waals surface area contributed by atoms with Gasteiger partial charge in [0.25, 0.3) is 0 Å². The van der Waals surface area contributed by atoms with Crippen molar-refractivity contribution in [1.82, 2.24) is 10.6 Å². The second kappa shape index (κ2) is 5.41. The van der Waals surface area contributed by atoms with Gasteiger partial charge in [-0.05, 0) is 38.5 Å². The van der Waals surface area contributed by atoms with Gasteiger partial charge in [-0.25, -0.2) is 0 Å². The molecule has 0 aromatic carbocycles. The molecule has 4 heteroatoms. The third kappa shape index (κ3) is 2.72. The average Bonchev–Trinajstić information content (AvgIpc) is 2.29. The van der Waals surface area contributed by atoms with Gasteiger partial charge in [-0.15, -0.1) is 0 Å². The van der Waals surface area contributed by atoms with E-state index in [1.54, 1.807) is 0 Å². The normalized spacial score (nSPS) is 28.2. The van der Waals surface area contributed by atoms with Crippen LogP contribution in [0.1, 0.15) is 38.5 Å². The summed E-state index contributed by atoms with van der Waals surface area (Å²) in [6.07, 6.45) is 9.37. The van der Waals surface area contributed by atoms with Crippen molar-refractivity contribution in [1.29, 1.82) is 0 Å². The predicted molar refractivity (Wildman–Crippen MR) is 68.7 cm³/mol. The van der Waals surface area contributed by atoms with Crippen molar-refractivity contribution in [2.75, 3.05) is 19.3 Å². The lowest BCUT2D eigenvalue weighted by molar-refractivity contribution is -0.123. The van der Waals surface area contributed by atoms with Gasteiger partial charge in [-0.3, -0.25) is 4.79 Å². The molecule has 1 heterocycles. The Balaban J connectivity index is 1.74. The van der Waals surface area contributed by atoms with Gasteiger partial charge < -0.3 is 10.6 Å². The molecule has 0 unspecified atom stereocenters. The van der Waals surface area contributed by atoms with E-state index in [4.69, 9.17) is 0 Å². The number of hydrogen-bond donors (Lipinski definition) is 2. The summed E-state index contributed by atoms with van der Waals surface area (Å²) in [6.45, 7) is 1.84. The zero-order valence-electron chi connectivity index (χ0n) is 10.1.